The first-order chi connectivity index (χ1) is 15.9. The number of likely N-dealkylation sites (tertiary alicyclic amines) is 1. The van der Waals surface area contributed by atoms with E-state index in [1.165, 1.54) is 28.9 Å². The third-order valence-corrected chi connectivity index (χ3v) is 5.64. The van der Waals surface area contributed by atoms with E-state index in [1.54, 1.807) is 35.4 Å². The third kappa shape index (κ3) is 5.54. The predicted octanol–water partition coefficient (Wildman–Crippen LogP) is 3.13. The molecule has 0 bridgehead atoms. The lowest BCUT2D eigenvalue weighted by atomic mass is 9.96. The minimum absolute atomic E-state index is 0.0266. The van der Waals surface area contributed by atoms with Gasteiger partial charge in [0, 0.05) is 25.2 Å². The molecule has 2 heterocycles. The molecule has 0 spiro atoms. The Balaban J connectivity index is 1.55. The summed E-state index contributed by atoms with van der Waals surface area (Å²) in [7, 11) is 0. The molecule has 0 aliphatic carbocycles. The van der Waals surface area contributed by atoms with Crippen molar-refractivity contribution in [2.75, 3.05) is 13.1 Å². The van der Waals surface area contributed by atoms with Crippen molar-refractivity contribution in [3.05, 3.63) is 83.1 Å². The summed E-state index contributed by atoms with van der Waals surface area (Å²) in [5, 5.41) is 4.39. The standard InChI is InChI=1S/C24H24F2N4O3/c25-19-5-1-3-16(11-19)13-30-14-21(24(32)29-9-7-18(8-10-29)22(27)31)23(28-30)33-15-17-4-2-6-20(26)12-17/h1-6,11-12,14,18H,7-10,13,15H2,(H2,27,31). The Bertz CT molecular complexity index is 1160. The van der Waals surface area contributed by atoms with Gasteiger partial charge < -0.3 is 15.4 Å². The van der Waals surface area contributed by atoms with Crippen LogP contribution < -0.4 is 10.5 Å². The number of benzene rings is 2. The first-order valence-corrected chi connectivity index (χ1v) is 10.7. The highest BCUT2D eigenvalue weighted by molar-refractivity contribution is 5.96. The summed E-state index contributed by atoms with van der Waals surface area (Å²) in [6, 6.07) is 12.1. The van der Waals surface area contributed by atoms with Gasteiger partial charge in [0.25, 0.3) is 5.91 Å². The highest BCUT2D eigenvalue weighted by Gasteiger charge is 2.29. The molecule has 1 aliphatic rings. The Morgan fingerprint density at radius 1 is 1.03 bits per heavy atom. The van der Waals surface area contributed by atoms with Crippen LogP contribution in [0.15, 0.2) is 54.7 Å². The number of rotatable bonds is 7. The van der Waals surface area contributed by atoms with Crippen molar-refractivity contribution in [2.24, 2.45) is 11.7 Å². The van der Waals surface area contributed by atoms with Crippen molar-refractivity contribution in [1.82, 2.24) is 14.7 Å². The maximum atomic E-state index is 13.6. The Labute approximate surface area is 189 Å². The Kier molecular flexibility index (Phi) is 6.67. The Morgan fingerprint density at radius 2 is 1.67 bits per heavy atom. The quantitative estimate of drug-likeness (QED) is 0.594. The fourth-order valence-electron chi connectivity index (χ4n) is 3.88. The van der Waals surface area contributed by atoms with Crippen LogP contribution in [0.2, 0.25) is 0 Å². The summed E-state index contributed by atoms with van der Waals surface area (Å²) in [5.41, 5.74) is 6.91. The normalized spacial score (nSPS) is 14.3. The number of hydrogen-bond donors (Lipinski definition) is 1. The summed E-state index contributed by atoms with van der Waals surface area (Å²) < 4.78 is 34.4. The van der Waals surface area contributed by atoms with E-state index in [0.717, 1.165) is 0 Å². The van der Waals surface area contributed by atoms with Gasteiger partial charge in [-0.3, -0.25) is 14.3 Å². The average Bonchev–Trinajstić information content (AvgIpc) is 3.20. The molecule has 1 fully saturated rings. The number of piperidine rings is 1. The van der Waals surface area contributed by atoms with Crippen LogP contribution in [0.4, 0.5) is 8.78 Å². The van der Waals surface area contributed by atoms with Crippen LogP contribution in [0.5, 0.6) is 5.88 Å². The lowest BCUT2D eigenvalue weighted by Gasteiger charge is -2.30. The molecule has 2 aromatic carbocycles. The van der Waals surface area contributed by atoms with Crippen LogP contribution in [-0.2, 0) is 17.9 Å². The minimum atomic E-state index is -0.388. The van der Waals surface area contributed by atoms with Crippen LogP contribution in [0.3, 0.4) is 0 Å². The summed E-state index contributed by atoms with van der Waals surface area (Å²) in [4.78, 5) is 26.3. The molecule has 2 N–H and O–H groups in total. The number of aromatic nitrogens is 2. The van der Waals surface area contributed by atoms with Gasteiger partial charge in [0.2, 0.25) is 11.8 Å². The summed E-state index contributed by atoms with van der Waals surface area (Å²) in [6.45, 7) is 1.06. The van der Waals surface area contributed by atoms with Gasteiger partial charge in [-0.25, -0.2) is 8.78 Å². The highest BCUT2D eigenvalue weighted by atomic mass is 19.1. The molecule has 3 aromatic rings. The molecule has 33 heavy (non-hydrogen) atoms. The van der Waals surface area contributed by atoms with Gasteiger partial charge >= 0.3 is 0 Å². The number of nitrogens with two attached hydrogens (primary N) is 1. The smallest absolute Gasteiger partial charge is 0.260 e. The van der Waals surface area contributed by atoms with E-state index >= 15 is 0 Å². The van der Waals surface area contributed by atoms with E-state index in [1.807, 2.05) is 0 Å². The molecule has 2 amide bonds. The average molecular weight is 454 g/mol. The molecule has 4 rings (SSSR count). The first-order valence-electron chi connectivity index (χ1n) is 10.7. The largest absolute Gasteiger partial charge is 0.471 e. The van der Waals surface area contributed by atoms with Crippen LogP contribution in [0.25, 0.3) is 0 Å². The van der Waals surface area contributed by atoms with E-state index in [9.17, 15) is 18.4 Å². The van der Waals surface area contributed by atoms with Crippen LogP contribution in [0.1, 0.15) is 34.3 Å². The number of hydrogen-bond acceptors (Lipinski definition) is 4. The third-order valence-electron chi connectivity index (χ3n) is 5.64. The fourth-order valence-corrected chi connectivity index (χ4v) is 3.88. The summed E-state index contributed by atoms with van der Waals surface area (Å²) >= 11 is 0. The van der Waals surface area contributed by atoms with Gasteiger partial charge in [-0.2, -0.15) is 0 Å². The van der Waals surface area contributed by atoms with Crippen molar-refractivity contribution >= 4 is 11.8 Å². The SMILES string of the molecule is NC(=O)C1CCN(C(=O)c2cn(Cc3cccc(F)c3)nc2OCc2cccc(F)c2)CC1. The molecule has 0 atom stereocenters. The maximum Gasteiger partial charge on any atom is 0.260 e. The van der Waals surface area contributed by atoms with E-state index < -0.39 is 0 Å². The van der Waals surface area contributed by atoms with E-state index in [4.69, 9.17) is 10.5 Å². The molecule has 7 nitrogen and oxygen atoms in total. The maximum absolute atomic E-state index is 13.6. The molecule has 0 saturated carbocycles. The van der Waals surface area contributed by atoms with Crippen molar-refractivity contribution in [1.29, 1.82) is 0 Å². The Hall–Kier alpha value is -3.75. The molecular weight excluding hydrogens is 430 g/mol. The summed E-state index contributed by atoms with van der Waals surface area (Å²) in [5.74, 6) is -1.52. The molecule has 172 valence electrons. The number of carbonyl (C=O) groups excluding carboxylic acids is 2. The number of halogens is 2. The lowest BCUT2D eigenvalue weighted by molar-refractivity contribution is -0.123. The molecule has 9 heteroatoms. The van der Waals surface area contributed by atoms with Gasteiger partial charge in [-0.05, 0) is 48.2 Å². The second kappa shape index (κ2) is 9.81. The van der Waals surface area contributed by atoms with Crippen LogP contribution >= 0.6 is 0 Å². The van der Waals surface area contributed by atoms with Gasteiger partial charge in [0.05, 0.1) is 6.54 Å². The number of carbonyl (C=O) groups is 2. The molecule has 1 aliphatic heterocycles. The zero-order chi connectivity index (χ0) is 23.4. The van der Waals surface area contributed by atoms with E-state index in [-0.39, 0.29) is 54.0 Å². The summed E-state index contributed by atoms with van der Waals surface area (Å²) in [6.07, 6.45) is 2.56. The molecule has 0 radical (unpaired) electrons. The highest BCUT2D eigenvalue weighted by Crippen LogP contribution is 2.24. The lowest BCUT2D eigenvalue weighted by Crippen LogP contribution is -2.41. The molecule has 0 unspecified atom stereocenters. The number of ether oxygens (including phenoxy) is 1. The van der Waals surface area contributed by atoms with Gasteiger partial charge in [-0.15, -0.1) is 5.10 Å². The van der Waals surface area contributed by atoms with Crippen molar-refractivity contribution in [2.45, 2.75) is 26.0 Å². The zero-order valence-electron chi connectivity index (χ0n) is 17.9. The van der Waals surface area contributed by atoms with Crippen LogP contribution in [-0.4, -0.2) is 39.6 Å². The monoisotopic (exact) mass is 454 g/mol. The van der Waals surface area contributed by atoms with Crippen LogP contribution in [0, 0.1) is 17.6 Å². The fraction of sp³-hybridized carbons (Fsp3) is 0.292. The van der Waals surface area contributed by atoms with E-state index in [0.29, 0.717) is 37.1 Å². The van der Waals surface area contributed by atoms with Crippen molar-refractivity contribution in [3.8, 4) is 5.88 Å². The number of nitrogens with zero attached hydrogens (tertiary/aromatic N) is 3. The predicted molar refractivity (Wildman–Crippen MR) is 116 cm³/mol. The minimum Gasteiger partial charge on any atom is -0.471 e. The van der Waals surface area contributed by atoms with Crippen molar-refractivity contribution in [3.63, 3.8) is 0 Å². The molecule has 1 aromatic heterocycles. The second-order valence-electron chi connectivity index (χ2n) is 8.06. The second-order valence-corrected chi connectivity index (χ2v) is 8.06. The van der Waals surface area contributed by atoms with Crippen molar-refractivity contribution < 1.29 is 23.1 Å². The van der Waals surface area contributed by atoms with Gasteiger partial charge in [0.15, 0.2) is 0 Å². The van der Waals surface area contributed by atoms with Gasteiger partial charge in [-0.1, -0.05) is 24.3 Å². The number of amides is 2. The topological polar surface area (TPSA) is 90.5 Å². The van der Waals surface area contributed by atoms with E-state index in [2.05, 4.69) is 5.10 Å². The zero-order valence-corrected chi connectivity index (χ0v) is 17.9. The molecular formula is C24H24F2N4O3. The molecule has 1 saturated heterocycles. The Morgan fingerprint density at radius 3 is 2.30 bits per heavy atom. The van der Waals surface area contributed by atoms with Gasteiger partial charge in [0.1, 0.15) is 23.8 Å². The number of primary amides is 1. The first kappa shape index (κ1) is 22.4.